The van der Waals surface area contributed by atoms with Gasteiger partial charge in [0.25, 0.3) is 0 Å². The van der Waals surface area contributed by atoms with E-state index in [0.717, 1.165) is 30.5 Å². The molecule has 0 radical (unpaired) electrons. The minimum atomic E-state index is 0.142. The number of phenolic OH excluding ortho intramolecular Hbond substituents is 2. The van der Waals surface area contributed by atoms with Crippen molar-refractivity contribution < 1.29 is 10.2 Å². The summed E-state index contributed by atoms with van der Waals surface area (Å²) >= 11 is 7.11. The molecule has 0 spiro atoms. The zero-order chi connectivity index (χ0) is 16.8. The zero-order valence-electron chi connectivity index (χ0n) is 12.4. The standard InChI is InChI=1S/C20H12Br2O2/c21-15-5-1-3-13-11(15)7-9-17(23)19(13)20-14-4-2-6-16(22)12(14)8-10-18(20)24/h1-10,23-24H. The van der Waals surface area contributed by atoms with Crippen molar-refractivity contribution in [3.63, 3.8) is 0 Å². The molecule has 0 heterocycles. The number of aromatic hydroxyl groups is 2. The van der Waals surface area contributed by atoms with Crippen LogP contribution >= 0.6 is 31.9 Å². The lowest BCUT2D eigenvalue weighted by Crippen LogP contribution is -1.88. The fourth-order valence-corrected chi connectivity index (χ4v) is 4.14. The lowest BCUT2D eigenvalue weighted by Gasteiger charge is -2.15. The van der Waals surface area contributed by atoms with Crippen LogP contribution in [0.1, 0.15) is 0 Å². The first-order chi connectivity index (χ1) is 11.6. The van der Waals surface area contributed by atoms with Crippen LogP contribution in [-0.2, 0) is 0 Å². The van der Waals surface area contributed by atoms with Gasteiger partial charge in [0.05, 0.1) is 0 Å². The highest BCUT2D eigenvalue weighted by atomic mass is 79.9. The molecular weight excluding hydrogens is 432 g/mol. The van der Waals surface area contributed by atoms with Crippen molar-refractivity contribution in [2.24, 2.45) is 0 Å². The molecule has 0 fully saturated rings. The van der Waals surface area contributed by atoms with E-state index in [-0.39, 0.29) is 11.5 Å². The van der Waals surface area contributed by atoms with Crippen molar-refractivity contribution in [3.05, 3.63) is 69.6 Å². The fraction of sp³-hybridized carbons (Fsp3) is 0. The maximum absolute atomic E-state index is 10.6. The van der Waals surface area contributed by atoms with E-state index in [1.807, 2.05) is 48.5 Å². The molecule has 118 valence electrons. The second-order valence-corrected chi connectivity index (χ2v) is 7.30. The van der Waals surface area contributed by atoms with Gasteiger partial charge in [-0.3, -0.25) is 0 Å². The van der Waals surface area contributed by atoms with Crippen molar-refractivity contribution in [2.75, 3.05) is 0 Å². The third kappa shape index (κ3) is 2.29. The minimum absolute atomic E-state index is 0.142. The molecule has 0 aliphatic heterocycles. The van der Waals surface area contributed by atoms with E-state index in [9.17, 15) is 10.2 Å². The Morgan fingerprint density at radius 1 is 0.500 bits per heavy atom. The Labute approximate surface area is 155 Å². The van der Waals surface area contributed by atoms with Gasteiger partial charge in [0.15, 0.2) is 0 Å². The van der Waals surface area contributed by atoms with Crippen LogP contribution in [0.15, 0.2) is 69.6 Å². The second kappa shape index (κ2) is 5.80. The zero-order valence-corrected chi connectivity index (χ0v) is 15.6. The second-order valence-electron chi connectivity index (χ2n) is 5.59. The van der Waals surface area contributed by atoms with Crippen molar-refractivity contribution >= 4 is 53.4 Å². The molecule has 4 rings (SSSR count). The summed E-state index contributed by atoms with van der Waals surface area (Å²) in [5, 5.41) is 24.9. The summed E-state index contributed by atoms with van der Waals surface area (Å²) in [6.45, 7) is 0. The van der Waals surface area contributed by atoms with Gasteiger partial charge < -0.3 is 10.2 Å². The third-order valence-electron chi connectivity index (χ3n) is 4.22. The molecule has 0 unspecified atom stereocenters. The first kappa shape index (κ1) is 15.5. The molecule has 0 aliphatic carbocycles. The Morgan fingerprint density at radius 3 is 1.33 bits per heavy atom. The van der Waals surface area contributed by atoms with Crippen molar-refractivity contribution in [1.82, 2.24) is 0 Å². The SMILES string of the molecule is Oc1ccc2c(Br)cccc2c1-c1c(O)ccc2c(Br)cccc12. The number of hydrogen-bond donors (Lipinski definition) is 2. The lowest BCUT2D eigenvalue weighted by molar-refractivity contribution is 0.470. The highest BCUT2D eigenvalue weighted by Crippen LogP contribution is 2.46. The van der Waals surface area contributed by atoms with Crippen LogP contribution in [0.4, 0.5) is 0 Å². The van der Waals surface area contributed by atoms with Crippen molar-refractivity contribution in [2.45, 2.75) is 0 Å². The van der Waals surface area contributed by atoms with E-state index in [4.69, 9.17) is 0 Å². The molecule has 0 saturated carbocycles. The number of fused-ring (bicyclic) bond motifs is 2. The molecule has 0 aliphatic rings. The van der Waals surface area contributed by atoms with Crippen LogP contribution in [0.3, 0.4) is 0 Å². The Hall–Kier alpha value is -2.04. The largest absolute Gasteiger partial charge is 0.507 e. The molecule has 0 saturated heterocycles. The first-order valence-electron chi connectivity index (χ1n) is 7.38. The molecule has 0 atom stereocenters. The van der Waals surface area contributed by atoms with Crippen LogP contribution in [0.2, 0.25) is 0 Å². The maximum Gasteiger partial charge on any atom is 0.124 e. The topological polar surface area (TPSA) is 40.5 Å². The van der Waals surface area contributed by atoms with Crippen LogP contribution in [0.5, 0.6) is 11.5 Å². The highest BCUT2D eigenvalue weighted by Gasteiger charge is 2.17. The van der Waals surface area contributed by atoms with Gasteiger partial charge in [-0.15, -0.1) is 0 Å². The molecule has 0 aromatic heterocycles. The minimum Gasteiger partial charge on any atom is -0.507 e. The fourth-order valence-electron chi connectivity index (χ4n) is 3.14. The molecule has 4 aromatic carbocycles. The van der Waals surface area contributed by atoms with E-state index < -0.39 is 0 Å². The monoisotopic (exact) mass is 442 g/mol. The average Bonchev–Trinajstić information content (AvgIpc) is 2.56. The molecule has 2 N–H and O–H groups in total. The van der Waals surface area contributed by atoms with Crippen molar-refractivity contribution in [3.8, 4) is 22.6 Å². The lowest BCUT2D eigenvalue weighted by atomic mass is 9.92. The predicted molar refractivity (Wildman–Crippen MR) is 106 cm³/mol. The Morgan fingerprint density at radius 2 is 0.917 bits per heavy atom. The first-order valence-corrected chi connectivity index (χ1v) is 8.97. The van der Waals surface area contributed by atoms with Gasteiger partial charge in [0.1, 0.15) is 11.5 Å². The molecule has 24 heavy (non-hydrogen) atoms. The Balaban J connectivity index is 2.22. The molecular formula is C20H12Br2O2. The van der Waals surface area contributed by atoms with E-state index >= 15 is 0 Å². The van der Waals surface area contributed by atoms with E-state index in [1.165, 1.54) is 0 Å². The van der Waals surface area contributed by atoms with Crippen LogP contribution in [0, 0.1) is 0 Å². The Bertz CT molecular complexity index is 1010. The van der Waals surface area contributed by atoms with Gasteiger partial charge in [0.2, 0.25) is 0 Å². The summed E-state index contributed by atoms with van der Waals surface area (Å²) in [6, 6.07) is 18.7. The van der Waals surface area contributed by atoms with Crippen molar-refractivity contribution in [1.29, 1.82) is 0 Å². The van der Waals surface area contributed by atoms with Gasteiger partial charge in [-0.2, -0.15) is 0 Å². The summed E-state index contributed by atoms with van der Waals surface area (Å²) in [5.41, 5.74) is 1.27. The summed E-state index contributed by atoms with van der Waals surface area (Å²) in [7, 11) is 0. The summed E-state index contributed by atoms with van der Waals surface area (Å²) in [6.07, 6.45) is 0. The summed E-state index contributed by atoms with van der Waals surface area (Å²) < 4.78 is 1.89. The van der Waals surface area contributed by atoms with Gasteiger partial charge >= 0.3 is 0 Å². The number of phenols is 2. The normalized spacial score (nSPS) is 11.2. The quantitative estimate of drug-likeness (QED) is 0.348. The maximum atomic E-state index is 10.6. The molecule has 0 bridgehead atoms. The number of benzene rings is 4. The highest BCUT2D eigenvalue weighted by molar-refractivity contribution is 9.11. The van der Waals surface area contributed by atoms with E-state index in [1.54, 1.807) is 12.1 Å². The van der Waals surface area contributed by atoms with Crippen LogP contribution in [0.25, 0.3) is 32.7 Å². The summed E-state index contributed by atoms with van der Waals surface area (Å²) in [4.78, 5) is 0. The van der Waals surface area contributed by atoms with E-state index in [2.05, 4.69) is 31.9 Å². The molecule has 2 nitrogen and oxygen atoms in total. The van der Waals surface area contributed by atoms with E-state index in [0.29, 0.717) is 11.1 Å². The molecule has 0 amide bonds. The Kier molecular flexibility index (Phi) is 3.74. The number of halogens is 2. The molecule has 4 heteroatoms. The molecule has 4 aromatic rings. The predicted octanol–water partition coefficient (Wildman–Crippen LogP) is 6.60. The average molecular weight is 444 g/mol. The summed E-state index contributed by atoms with van der Waals surface area (Å²) in [5.74, 6) is 0.284. The smallest absolute Gasteiger partial charge is 0.124 e. The van der Waals surface area contributed by atoms with Gasteiger partial charge in [-0.1, -0.05) is 56.1 Å². The van der Waals surface area contributed by atoms with Gasteiger partial charge in [-0.25, -0.2) is 0 Å². The third-order valence-corrected chi connectivity index (χ3v) is 5.61. The van der Waals surface area contributed by atoms with Gasteiger partial charge in [0, 0.05) is 20.1 Å². The van der Waals surface area contributed by atoms with Crippen LogP contribution < -0.4 is 0 Å². The number of hydrogen-bond acceptors (Lipinski definition) is 2. The number of rotatable bonds is 1. The van der Waals surface area contributed by atoms with Crippen LogP contribution in [-0.4, -0.2) is 10.2 Å². The van der Waals surface area contributed by atoms with Gasteiger partial charge in [-0.05, 0) is 57.9 Å².